The minimum absolute atomic E-state index is 0.323. The lowest BCUT2D eigenvalue weighted by atomic mass is 10.3. The molecule has 0 unspecified atom stereocenters. The maximum absolute atomic E-state index is 10.8. The van der Waals surface area contributed by atoms with Gasteiger partial charge in [-0.25, -0.2) is 4.98 Å². The zero-order valence-corrected chi connectivity index (χ0v) is 7.07. The number of amides is 2. The van der Waals surface area contributed by atoms with Gasteiger partial charge in [-0.3, -0.25) is 9.59 Å². The molecule has 0 fully saturated rings. The Balaban J connectivity index is 2.75. The van der Waals surface area contributed by atoms with E-state index in [1.54, 1.807) is 12.1 Å². The fourth-order valence-electron chi connectivity index (χ4n) is 0.782. The van der Waals surface area contributed by atoms with Gasteiger partial charge in [0, 0.05) is 6.20 Å². The van der Waals surface area contributed by atoms with Crippen LogP contribution in [0.1, 0.15) is 5.56 Å². The molecule has 0 bridgehead atoms. The molecule has 68 valence electrons. The van der Waals surface area contributed by atoms with E-state index in [0.717, 1.165) is 5.56 Å². The number of hydrogen-bond donors (Lipinski definition) is 2. The lowest BCUT2D eigenvalue weighted by Crippen LogP contribution is -2.29. The van der Waals surface area contributed by atoms with Gasteiger partial charge in [0.2, 0.25) is 0 Å². The second-order valence-corrected chi connectivity index (χ2v) is 2.54. The second kappa shape index (κ2) is 3.66. The SMILES string of the molecule is Cc1ccnc(NC(=O)C(N)=O)c1. The molecule has 1 aromatic heterocycles. The molecule has 0 aromatic carbocycles. The normalized spacial score (nSPS) is 9.31. The minimum Gasteiger partial charge on any atom is -0.361 e. The van der Waals surface area contributed by atoms with Gasteiger partial charge in [0.25, 0.3) is 0 Å². The van der Waals surface area contributed by atoms with Crippen molar-refractivity contribution in [3.05, 3.63) is 23.9 Å². The number of aromatic nitrogens is 1. The number of hydrogen-bond acceptors (Lipinski definition) is 3. The third-order valence-corrected chi connectivity index (χ3v) is 1.38. The fourth-order valence-corrected chi connectivity index (χ4v) is 0.782. The monoisotopic (exact) mass is 179 g/mol. The van der Waals surface area contributed by atoms with Gasteiger partial charge in [0.15, 0.2) is 0 Å². The number of primary amides is 1. The van der Waals surface area contributed by atoms with Crippen molar-refractivity contribution in [1.29, 1.82) is 0 Å². The summed E-state index contributed by atoms with van der Waals surface area (Å²) in [5.41, 5.74) is 5.68. The lowest BCUT2D eigenvalue weighted by molar-refractivity contribution is -0.134. The van der Waals surface area contributed by atoms with Crippen molar-refractivity contribution in [2.24, 2.45) is 5.73 Å². The van der Waals surface area contributed by atoms with Crippen LogP contribution in [0.2, 0.25) is 0 Å². The van der Waals surface area contributed by atoms with Gasteiger partial charge in [-0.2, -0.15) is 0 Å². The number of nitrogens with zero attached hydrogens (tertiary/aromatic N) is 1. The Morgan fingerprint density at radius 2 is 2.23 bits per heavy atom. The Morgan fingerprint density at radius 3 is 2.77 bits per heavy atom. The summed E-state index contributed by atoms with van der Waals surface area (Å²) in [7, 11) is 0. The molecule has 0 aliphatic carbocycles. The van der Waals surface area contributed by atoms with Crippen molar-refractivity contribution in [2.75, 3.05) is 5.32 Å². The Hall–Kier alpha value is -1.91. The summed E-state index contributed by atoms with van der Waals surface area (Å²) in [6, 6.07) is 3.42. The van der Waals surface area contributed by atoms with Crippen LogP contribution in [0.15, 0.2) is 18.3 Å². The quantitative estimate of drug-likeness (QED) is 0.586. The van der Waals surface area contributed by atoms with Crippen LogP contribution in [0.4, 0.5) is 5.82 Å². The predicted octanol–water partition coefficient (Wildman–Crippen LogP) is -0.186. The van der Waals surface area contributed by atoms with Gasteiger partial charge in [0.05, 0.1) is 0 Å². The van der Waals surface area contributed by atoms with Gasteiger partial charge in [-0.15, -0.1) is 0 Å². The number of rotatable bonds is 1. The first-order chi connectivity index (χ1) is 6.09. The highest BCUT2D eigenvalue weighted by atomic mass is 16.2. The fraction of sp³-hybridized carbons (Fsp3) is 0.125. The van der Waals surface area contributed by atoms with E-state index in [0.29, 0.717) is 5.82 Å². The molecule has 0 saturated carbocycles. The molecule has 2 amide bonds. The van der Waals surface area contributed by atoms with Gasteiger partial charge in [0.1, 0.15) is 5.82 Å². The first kappa shape index (κ1) is 9.18. The highest BCUT2D eigenvalue weighted by molar-refractivity contribution is 6.38. The molecule has 0 radical (unpaired) electrons. The second-order valence-electron chi connectivity index (χ2n) is 2.54. The van der Waals surface area contributed by atoms with E-state index in [4.69, 9.17) is 5.73 Å². The molecule has 0 spiro atoms. The van der Waals surface area contributed by atoms with Crippen molar-refractivity contribution < 1.29 is 9.59 Å². The van der Waals surface area contributed by atoms with Crippen molar-refractivity contribution >= 4 is 17.6 Å². The molecule has 5 nitrogen and oxygen atoms in total. The molecule has 1 rings (SSSR count). The van der Waals surface area contributed by atoms with E-state index in [2.05, 4.69) is 10.3 Å². The maximum atomic E-state index is 10.8. The highest BCUT2D eigenvalue weighted by Crippen LogP contribution is 2.04. The van der Waals surface area contributed by atoms with Crippen LogP contribution in [0, 0.1) is 6.92 Å². The van der Waals surface area contributed by atoms with Crippen molar-refractivity contribution in [2.45, 2.75) is 6.92 Å². The zero-order valence-electron chi connectivity index (χ0n) is 7.07. The van der Waals surface area contributed by atoms with Crippen LogP contribution in [-0.4, -0.2) is 16.8 Å². The zero-order chi connectivity index (χ0) is 9.84. The predicted molar refractivity (Wildman–Crippen MR) is 46.8 cm³/mol. The molecule has 1 heterocycles. The van der Waals surface area contributed by atoms with Crippen LogP contribution in [0.5, 0.6) is 0 Å². The molecule has 13 heavy (non-hydrogen) atoms. The summed E-state index contributed by atoms with van der Waals surface area (Å²) in [6.07, 6.45) is 1.53. The van der Waals surface area contributed by atoms with Crippen molar-refractivity contribution in [1.82, 2.24) is 4.98 Å². The Bertz CT molecular complexity index is 349. The Kier molecular flexibility index (Phi) is 2.59. The number of nitrogens with one attached hydrogen (secondary N) is 1. The molecular formula is C8H9N3O2. The van der Waals surface area contributed by atoms with E-state index in [1.807, 2.05) is 6.92 Å². The number of nitrogens with two attached hydrogens (primary N) is 1. The van der Waals surface area contributed by atoms with Crippen molar-refractivity contribution in [3.8, 4) is 0 Å². The minimum atomic E-state index is -1.02. The summed E-state index contributed by atoms with van der Waals surface area (Å²) >= 11 is 0. The van der Waals surface area contributed by atoms with Crippen LogP contribution < -0.4 is 11.1 Å². The number of carbonyl (C=O) groups excluding carboxylic acids is 2. The average Bonchev–Trinajstić information content (AvgIpc) is 2.04. The van der Waals surface area contributed by atoms with Crippen LogP contribution in [0.25, 0.3) is 0 Å². The van der Waals surface area contributed by atoms with E-state index >= 15 is 0 Å². The lowest BCUT2D eigenvalue weighted by Gasteiger charge is -2.01. The topological polar surface area (TPSA) is 85.1 Å². The van der Waals surface area contributed by atoms with Gasteiger partial charge < -0.3 is 11.1 Å². The van der Waals surface area contributed by atoms with Gasteiger partial charge in [-0.1, -0.05) is 0 Å². The molecule has 0 aliphatic heterocycles. The van der Waals surface area contributed by atoms with E-state index in [-0.39, 0.29) is 0 Å². The number of pyridine rings is 1. The molecule has 1 aromatic rings. The first-order valence-electron chi connectivity index (χ1n) is 3.63. The summed E-state index contributed by atoms with van der Waals surface area (Å²) in [5, 5.41) is 2.26. The largest absolute Gasteiger partial charge is 0.361 e. The number of anilines is 1. The number of aryl methyl sites for hydroxylation is 1. The summed E-state index contributed by atoms with van der Waals surface area (Å²) in [5.74, 6) is -1.56. The molecule has 5 heteroatoms. The Labute approximate surface area is 75.0 Å². The maximum Gasteiger partial charge on any atom is 0.314 e. The number of carbonyl (C=O) groups is 2. The van der Waals surface area contributed by atoms with E-state index < -0.39 is 11.8 Å². The third-order valence-electron chi connectivity index (χ3n) is 1.38. The Morgan fingerprint density at radius 1 is 1.54 bits per heavy atom. The standard InChI is InChI=1S/C8H9N3O2/c1-5-2-3-10-6(4-5)11-8(13)7(9)12/h2-4H,1H3,(H2,9,12)(H,10,11,13). The van der Waals surface area contributed by atoms with Crippen molar-refractivity contribution in [3.63, 3.8) is 0 Å². The highest BCUT2D eigenvalue weighted by Gasteiger charge is 2.08. The third kappa shape index (κ3) is 2.55. The van der Waals surface area contributed by atoms with Crippen LogP contribution in [0.3, 0.4) is 0 Å². The van der Waals surface area contributed by atoms with E-state index in [9.17, 15) is 9.59 Å². The smallest absolute Gasteiger partial charge is 0.314 e. The molecule has 0 atom stereocenters. The molecule has 3 N–H and O–H groups in total. The summed E-state index contributed by atoms with van der Waals surface area (Å²) in [6.45, 7) is 1.85. The van der Waals surface area contributed by atoms with Gasteiger partial charge >= 0.3 is 11.8 Å². The molecule has 0 aliphatic rings. The summed E-state index contributed by atoms with van der Waals surface area (Å²) < 4.78 is 0. The van der Waals surface area contributed by atoms with E-state index in [1.165, 1.54) is 6.20 Å². The van der Waals surface area contributed by atoms with Crippen LogP contribution >= 0.6 is 0 Å². The average molecular weight is 179 g/mol. The molecule has 0 saturated heterocycles. The summed E-state index contributed by atoms with van der Waals surface area (Å²) in [4.78, 5) is 25.0. The van der Waals surface area contributed by atoms with Crippen LogP contribution in [-0.2, 0) is 9.59 Å². The molecular weight excluding hydrogens is 170 g/mol. The first-order valence-corrected chi connectivity index (χ1v) is 3.63. The van der Waals surface area contributed by atoms with Gasteiger partial charge in [-0.05, 0) is 24.6 Å².